The second kappa shape index (κ2) is 4.13. The number of pyridine rings is 1. The molecule has 1 aromatic rings. The van der Waals surface area contributed by atoms with Crippen molar-refractivity contribution in [1.29, 1.82) is 0 Å². The highest BCUT2D eigenvalue weighted by atomic mass is 16.1. The van der Waals surface area contributed by atoms with Crippen LogP contribution in [0.2, 0.25) is 0 Å². The van der Waals surface area contributed by atoms with Gasteiger partial charge in [0.2, 0.25) is 0 Å². The molecule has 2 heteroatoms. The molecule has 0 spiro atoms. The molecule has 2 rings (SSSR count). The molecule has 0 unspecified atom stereocenters. The van der Waals surface area contributed by atoms with E-state index in [2.05, 4.69) is 18.8 Å². The highest BCUT2D eigenvalue weighted by molar-refractivity contribution is 5.97. The van der Waals surface area contributed by atoms with E-state index in [1.807, 2.05) is 12.1 Å². The van der Waals surface area contributed by atoms with Crippen LogP contribution in [0.1, 0.15) is 55.1 Å². The molecule has 0 bridgehead atoms. The summed E-state index contributed by atoms with van der Waals surface area (Å²) in [4.78, 5) is 16.3. The van der Waals surface area contributed by atoms with Gasteiger partial charge in [0.1, 0.15) is 0 Å². The minimum Gasteiger partial charge on any atom is -0.294 e. The van der Waals surface area contributed by atoms with Gasteiger partial charge in [0.05, 0.1) is 5.69 Å². The van der Waals surface area contributed by atoms with Gasteiger partial charge in [0.15, 0.2) is 5.78 Å². The van der Waals surface area contributed by atoms with Crippen molar-refractivity contribution in [3.8, 4) is 0 Å². The molecule has 1 aliphatic carbocycles. The van der Waals surface area contributed by atoms with Crippen LogP contribution in [0, 0.1) is 5.92 Å². The number of carbonyl (C=O) groups excluding carboxylic acids is 1. The Morgan fingerprint density at radius 2 is 2.27 bits per heavy atom. The molecule has 0 aromatic carbocycles. The highest BCUT2D eigenvalue weighted by Gasteiger charge is 2.26. The van der Waals surface area contributed by atoms with Crippen LogP contribution in [0.4, 0.5) is 0 Å². The fraction of sp³-hybridized carbons (Fsp3) is 0.538. The molecule has 1 saturated carbocycles. The van der Waals surface area contributed by atoms with Crippen LogP contribution in [0.15, 0.2) is 18.3 Å². The van der Waals surface area contributed by atoms with E-state index in [1.165, 1.54) is 12.8 Å². The Kier molecular flexibility index (Phi) is 2.85. The Balaban J connectivity index is 2.21. The maximum absolute atomic E-state index is 12.0. The number of hydrogen-bond acceptors (Lipinski definition) is 2. The van der Waals surface area contributed by atoms with E-state index in [0.29, 0.717) is 18.3 Å². The topological polar surface area (TPSA) is 30.0 Å². The van der Waals surface area contributed by atoms with Gasteiger partial charge in [-0.25, -0.2) is 0 Å². The molecular formula is C13H17NO. The molecule has 0 N–H and O–H groups in total. The maximum atomic E-state index is 12.0. The molecular weight excluding hydrogens is 186 g/mol. The SMILES string of the molecule is CC(C)c1ncccc1C(=O)CC1CC1. The number of hydrogen-bond donors (Lipinski definition) is 0. The minimum atomic E-state index is 0.273. The van der Waals surface area contributed by atoms with Gasteiger partial charge in [-0.15, -0.1) is 0 Å². The lowest BCUT2D eigenvalue weighted by atomic mass is 9.98. The zero-order chi connectivity index (χ0) is 10.8. The van der Waals surface area contributed by atoms with Gasteiger partial charge in [-0.2, -0.15) is 0 Å². The van der Waals surface area contributed by atoms with Gasteiger partial charge in [0, 0.05) is 18.2 Å². The zero-order valence-electron chi connectivity index (χ0n) is 9.36. The van der Waals surface area contributed by atoms with Crippen LogP contribution in [0.3, 0.4) is 0 Å². The van der Waals surface area contributed by atoms with Crippen molar-refractivity contribution < 1.29 is 4.79 Å². The van der Waals surface area contributed by atoms with Crippen molar-refractivity contribution in [3.63, 3.8) is 0 Å². The van der Waals surface area contributed by atoms with E-state index in [9.17, 15) is 4.79 Å². The first-order chi connectivity index (χ1) is 7.18. The Morgan fingerprint density at radius 3 is 2.87 bits per heavy atom. The normalized spacial score (nSPS) is 15.7. The van der Waals surface area contributed by atoms with Gasteiger partial charge < -0.3 is 0 Å². The van der Waals surface area contributed by atoms with Gasteiger partial charge >= 0.3 is 0 Å². The van der Waals surface area contributed by atoms with Crippen LogP contribution in [-0.4, -0.2) is 10.8 Å². The van der Waals surface area contributed by atoms with Crippen LogP contribution in [0.25, 0.3) is 0 Å². The average Bonchev–Trinajstić information content (AvgIpc) is 3.01. The third-order valence-electron chi connectivity index (χ3n) is 2.86. The molecule has 0 radical (unpaired) electrons. The van der Waals surface area contributed by atoms with Gasteiger partial charge in [0.25, 0.3) is 0 Å². The first kappa shape index (κ1) is 10.3. The standard InChI is InChI=1S/C13H17NO/c1-9(2)13-11(4-3-7-14-13)12(15)8-10-5-6-10/h3-4,7,9-10H,5-6,8H2,1-2H3. The molecule has 1 fully saturated rings. The van der Waals surface area contributed by atoms with E-state index in [4.69, 9.17) is 0 Å². The number of nitrogens with zero attached hydrogens (tertiary/aromatic N) is 1. The lowest BCUT2D eigenvalue weighted by Gasteiger charge is -2.09. The van der Waals surface area contributed by atoms with Crippen molar-refractivity contribution >= 4 is 5.78 Å². The second-order valence-corrected chi connectivity index (χ2v) is 4.66. The van der Waals surface area contributed by atoms with Crippen molar-refractivity contribution in [2.45, 2.75) is 39.0 Å². The minimum absolute atomic E-state index is 0.273. The Morgan fingerprint density at radius 1 is 1.53 bits per heavy atom. The zero-order valence-corrected chi connectivity index (χ0v) is 9.36. The number of ketones is 1. The van der Waals surface area contributed by atoms with Crippen LogP contribution in [-0.2, 0) is 0 Å². The fourth-order valence-electron chi connectivity index (χ4n) is 1.81. The summed E-state index contributed by atoms with van der Waals surface area (Å²) in [6.07, 6.45) is 4.93. The van der Waals surface area contributed by atoms with E-state index in [0.717, 1.165) is 11.3 Å². The summed E-state index contributed by atoms with van der Waals surface area (Å²) < 4.78 is 0. The van der Waals surface area contributed by atoms with E-state index >= 15 is 0 Å². The Labute approximate surface area is 90.7 Å². The first-order valence-electron chi connectivity index (χ1n) is 5.66. The molecule has 0 saturated heterocycles. The fourth-order valence-corrected chi connectivity index (χ4v) is 1.81. The van der Waals surface area contributed by atoms with Crippen molar-refractivity contribution in [3.05, 3.63) is 29.6 Å². The van der Waals surface area contributed by atoms with Crippen LogP contribution in [0.5, 0.6) is 0 Å². The van der Waals surface area contributed by atoms with E-state index < -0.39 is 0 Å². The van der Waals surface area contributed by atoms with Crippen molar-refractivity contribution in [1.82, 2.24) is 4.98 Å². The first-order valence-corrected chi connectivity index (χ1v) is 5.66. The molecule has 2 nitrogen and oxygen atoms in total. The average molecular weight is 203 g/mol. The summed E-state index contributed by atoms with van der Waals surface area (Å²) in [6, 6.07) is 3.76. The summed E-state index contributed by atoms with van der Waals surface area (Å²) >= 11 is 0. The van der Waals surface area contributed by atoms with E-state index in [-0.39, 0.29) is 5.78 Å². The summed E-state index contributed by atoms with van der Waals surface area (Å²) in [6.45, 7) is 4.16. The largest absolute Gasteiger partial charge is 0.294 e. The molecule has 1 aromatic heterocycles. The molecule has 0 atom stereocenters. The number of Topliss-reactive ketones (excluding diaryl/α,β-unsaturated/α-hetero) is 1. The summed E-state index contributed by atoms with van der Waals surface area (Å²) in [7, 11) is 0. The molecule has 0 aliphatic heterocycles. The lowest BCUT2D eigenvalue weighted by Crippen LogP contribution is -2.07. The number of aromatic nitrogens is 1. The smallest absolute Gasteiger partial charge is 0.164 e. The third kappa shape index (κ3) is 2.44. The van der Waals surface area contributed by atoms with Crippen molar-refractivity contribution in [2.75, 3.05) is 0 Å². The summed E-state index contributed by atoms with van der Waals surface area (Å²) in [5.74, 6) is 1.25. The summed E-state index contributed by atoms with van der Waals surface area (Å²) in [5, 5.41) is 0. The Bertz CT molecular complexity index is 367. The van der Waals surface area contributed by atoms with Gasteiger partial charge in [-0.1, -0.05) is 13.8 Å². The van der Waals surface area contributed by atoms with E-state index in [1.54, 1.807) is 6.20 Å². The Hall–Kier alpha value is -1.18. The van der Waals surface area contributed by atoms with Crippen LogP contribution < -0.4 is 0 Å². The van der Waals surface area contributed by atoms with Crippen LogP contribution >= 0.6 is 0 Å². The van der Waals surface area contributed by atoms with Gasteiger partial charge in [-0.05, 0) is 36.8 Å². The molecule has 80 valence electrons. The molecule has 15 heavy (non-hydrogen) atoms. The predicted octanol–water partition coefficient (Wildman–Crippen LogP) is 3.19. The third-order valence-corrected chi connectivity index (χ3v) is 2.86. The number of carbonyl (C=O) groups is 1. The van der Waals surface area contributed by atoms with Crippen molar-refractivity contribution in [2.24, 2.45) is 5.92 Å². The lowest BCUT2D eigenvalue weighted by molar-refractivity contribution is 0.0974. The number of rotatable bonds is 4. The predicted molar refractivity (Wildman–Crippen MR) is 60.0 cm³/mol. The summed E-state index contributed by atoms with van der Waals surface area (Å²) in [5.41, 5.74) is 1.78. The quantitative estimate of drug-likeness (QED) is 0.703. The highest BCUT2D eigenvalue weighted by Crippen LogP contribution is 2.34. The monoisotopic (exact) mass is 203 g/mol. The van der Waals surface area contributed by atoms with Gasteiger partial charge in [-0.3, -0.25) is 9.78 Å². The molecule has 1 aliphatic rings. The molecule has 0 amide bonds. The second-order valence-electron chi connectivity index (χ2n) is 4.66. The molecule has 1 heterocycles. The maximum Gasteiger partial charge on any atom is 0.164 e.